The van der Waals surface area contributed by atoms with Crippen LogP contribution in [0, 0.1) is 12.7 Å². The highest BCUT2D eigenvalue weighted by molar-refractivity contribution is 6.32. The van der Waals surface area contributed by atoms with Crippen LogP contribution in [0.2, 0.25) is 5.02 Å². The molecule has 0 unspecified atom stereocenters. The molecule has 0 aliphatic carbocycles. The summed E-state index contributed by atoms with van der Waals surface area (Å²) in [5, 5.41) is 3.88. The van der Waals surface area contributed by atoms with E-state index in [1.165, 1.54) is 11.0 Å². The molecule has 39 heavy (non-hydrogen) atoms. The third kappa shape index (κ3) is 5.26. The molecule has 2 amide bonds. The minimum absolute atomic E-state index is 0.107. The van der Waals surface area contributed by atoms with Crippen molar-refractivity contribution in [1.29, 1.82) is 0 Å². The van der Waals surface area contributed by atoms with Gasteiger partial charge in [0.15, 0.2) is 0 Å². The quantitative estimate of drug-likeness (QED) is 0.280. The van der Waals surface area contributed by atoms with E-state index in [4.69, 9.17) is 21.8 Å². The fraction of sp³-hybridized carbons (Fsp3) is 0.172. The van der Waals surface area contributed by atoms with Crippen molar-refractivity contribution in [1.82, 2.24) is 5.32 Å². The van der Waals surface area contributed by atoms with Gasteiger partial charge in [0.25, 0.3) is 0 Å². The summed E-state index contributed by atoms with van der Waals surface area (Å²) in [4.78, 5) is 44.3. The second-order valence-corrected chi connectivity index (χ2v) is 9.56. The SMILES string of the molecule is Cc1c(CC(=O)NCCN2C(=O)CN=C(c3ccccc3F)c3cc(Cl)ccc32)c(=O)oc2cc(N)ccc12. The lowest BCUT2D eigenvalue weighted by Crippen LogP contribution is -2.40. The molecule has 1 aliphatic heterocycles. The Balaban J connectivity index is 1.34. The normalized spacial score (nSPS) is 13.2. The van der Waals surface area contributed by atoms with Gasteiger partial charge < -0.3 is 20.4 Å². The molecule has 0 saturated carbocycles. The average Bonchev–Trinajstić information content (AvgIpc) is 3.03. The molecule has 0 radical (unpaired) electrons. The van der Waals surface area contributed by atoms with Crippen molar-refractivity contribution in [3.8, 4) is 0 Å². The van der Waals surface area contributed by atoms with Crippen LogP contribution in [0.25, 0.3) is 11.0 Å². The van der Waals surface area contributed by atoms with Gasteiger partial charge in [-0.05, 0) is 55.0 Å². The second-order valence-electron chi connectivity index (χ2n) is 9.13. The van der Waals surface area contributed by atoms with Crippen molar-refractivity contribution in [2.75, 3.05) is 30.3 Å². The number of nitrogens with zero attached hydrogens (tertiary/aromatic N) is 2. The Bertz CT molecular complexity index is 1720. The monoisotopic (exact) mass is 546 g/mol. The molecule has 1 aromatic heterocycles. The molecule has 10 heteroatoms. The molecular formula is C29H24ClFN4O4. The highest BCUT2D eigenvalue weighted by Gasteiger charge is 2.26. The second kappa shape index (κ2) is 10.7. The number of nitrogens with one attached hydrogen (secondary N) is 1. The molecule has 0 spiro atoms. The van der Waals surface area contributed by atoms with Gasteiger partial charge in [-0.25, -0.2) is 9.18 Å². The summed E-state index contributed by atoms with van der Waals surface area (Å²) >= 11 is 6.25. The van der Waals surface area contributed by atoms with E-state index in [-0.39, 0.29) is 43.1 Å². The molecule has 3 N–H and O–H groups in total. The van der Waals surface area contributed by atoms with Gasteiger partial charge in [-0.15, -0.1) is 0 Å². The minimum Gasteiger partial charge on any atom is -0.422 e. The topological polar surface area (TPSA) is 118 Å². The maximum Gasteiger partial charge on any atom is 0.340 e. The molecule has 198 valence electrons. The Labute approximate surface area is 227 Å². The number of amides is 2. The number of benzodiazepines with no additional fused rings is 1. The fourth-order valence-electron chi connectivity index (χ4n) is 4.66. The van der Waals surface area contributed by atoms with Crippen molar-refractivity contribution in [2.45, 2.75) is 13.3 Å². The van der Waals surface area contributed by atoms with Crippen LogP contribution in [-0.4, -0.2) is 37.2 Å². The summed E-state index contributed by atoms with van der Waals surface area (Å²) in [7, 11) is 0. The first-order valence-electron chi connectivity index (χ1n) is 12.2. The van der Waals surface area contributed by atoms with Crippen molar-refractivity contribution in [3.63, 3.8) is 0 Å². The Morgan fingerprint density at radius 1 is 1.13 bits per heavy atom. The fourth-order valence-corrected chi connectivity index (χ4v) is 4.83. The summed E-state index contributed by atoms with van der Waals surface area (Å²) in [5.41, 5.74) is 8.48. The van der Waals surface area contributed by atoms with Crippen LogP contribution in [0.1, 0.15) is 22.3 Å². The number of anilines is 2. The van der Waals surface area contributed by atoms with Crippen molar-refractivity contribution < 1.29 is 18.4 Å². The van der Waals surface area contributed by atoms with E-state index in [0.29, 0.717) is 44.2 Å². The highest BCUT2D eigenvalue weighted by atomic mass is 35.5. The predicted molar refractivity (Wildman–Crippen MR) is 149 cm³/mol. The first kappa shape index (κ1) is 26.1. The Hall–Kier alpha value is -4.50. The first-order valence-corrected chi connectivity index (χ1v) is 12.6. The van der Waals surface area contributed by atoms with Crippen LogP contribution in [0.5, 0.6) is 0 Å². The zero-order valence-electron chi connectivity index (χ0n) is 21.0. The van der Waals surface area contributed by atoms with Crippen LogP contribution in [-0.2, 0) is 16.0 Å². The Morgan fingerprint density at radius 3 is 2.72 bits per heavy atom. The van der Waals surface area contributed by atoms with Gasteiger partial charge >= 0.3 is 5.63 Å². The third-order valence-electron chi connectivity index (χ3n) is 6.61. The van der Waals surface area contributed by atoms with Crippen LogP contribution in [0.15, 0.2) is 74.9 Å². The lowest BCUT2D eigenvalue weighted by Gasteiger charge is -2.23. The molecule has 0 fully saturated rings. The lowest BCUT2D eigenvalue weighted by molar-refractivity contribution is -0.121. The zero-order chi connectivity index (χ0) is 27.7. The zero-order valence-corrected chi connectivity index (χ0v) is 21.7. The minimum atomic E-state index is -0.605. The van der Waals surface area contributed by atoms with Crippen LogP contribution in [0.4, 0.5) is 15.8 Å². The molecule has 2 heterocycles. The number of nitrogens with two attached hydrogens (primary N) is 1. The number of fused-ring (bicyclic) bond motifs is 2. The van der Waals surface area contributed by atoms with E-state index in [1.54, 1.807) is 61.5 Å². The number of halogens is 2. The van der Waals surface area contributed by atoms with Crippen LogP contribution >= 0.6 is 11.6 Å². The molecular weight excluding hydrogens is 523 g/mol. The van der Waals surface area contributed by atoms with Crippen molar-refractivity contribution >= 4 is 51.5 Å². The van der Waals surface area contributed by atoms with Crippen LogP contribution < -0.4 is 21.6 Å². The molecule has 4 aromatic rings. The smallest absolute Gasteiger partial charge is 0.340 e. The number of aryl methyl sites for hydroxylation is 1. The molecule has 3 aromatic carbocycles. The van der Waals surface area contributed by atoms with Gasteiger partial charge in [0.2, 0.25) is 11.8 Å². The van der Waals surface area contributed by atoms with E-state index >= 15 is 0 Å². The first-order chi connectivity index (χ1) is 18.7. The number of benzene rings is 3. The van der Waals surface area contributed by atoms with Gasteiger partial charge in [0.1, 0.15) is 17.9 Å². The maximum atomic E-state index is 14.6. The molecule has 1 aliphatic rings. The number of rotatable bonds is 6. The van der Waals surface area contributed by atoms with Gasteiger partial charge in [-0.1, -0.05) is 23.7 Å². The van der Waals surface area contributed by atoms with Gasteiger partial charge in [0.05, 0.1) is 23.4 Å². The Kier molecular flexibility index (Phi) is 7.17. The molecule has 5 rings (SSSR count). The largest absolute Gasteiger partial charge is 0.422 e. The van der Waals surface area contributed by atoms with Crippen LogP contribution in [0.3, 0.4) is 0 Å². The summed E-state index contributed by atoms with van der Waals surface area (Å²) < 4.78 is 20.0. The third-order valence-corrected chi connectivity index (χ3v) is 6.85. The van der Waals surface area contributed by atoms with Gasteiger partial charge in [0, 0.05) is 46.4 Å². The number of aliphatic imine (C=N–C) groups is 1. The molecule has 0 atom stereocenters. The number of carbonyl (C=O) groups excluding carboxylic acids is 2. The van der Waals surface area contributed by atoms with Crippen molar-refractivity contribution in [2.24, 2.45) is 4.99 Å². The molecule has 0 bridgehead atoms. The van der Waals surface area contributed by atoms with E-state index in [1.807, 2.05) is 0 Å². The summed E-state index contributed by atoms with van der Waals surface area (Å²) in [5.74, 6) is -1.18. The summed E-state index contributed by atoms with van der Waals surface area (Å²) in [6.45, 7) is 1.79. The van der Waals surface area contributed by atoms with Gasteiger partial charge in [-0.3, -0.25) is 14.6 Å². The van der Waals surface area contributed by atoms with Crippen molar-refractivity contribution in [3.05, 3.63) is 104 Å². The average molecular weight is 547 g/mol. The summed E-state index contributed by atoms with van der Waals surface area (Å²) in [6.07, 6.45) is -0.185. The van der Waals surface area contributed by atoms with E-state index in [9.17, 15) is 18.8 Å². The van der Waals surface area contributed by atoms with Gasteiger partial charge in [-0.2, -0.15) is 0 Å². The number of nitrogen functional groups attached to an aromatic ring is 1. The van der Waals surface area contributed by atoms with E-state index < -0.39 is 17.3 Å². The van der Waals surface area contributed by atoms with E-state index in [2.05, 4.69) is 10.3 Å². The highest BCUT2D eigenvalue weighted by Crippen LogP contribution is 2.30. The number of carbonyl (C=O) groups is 2. The van der Waals surface area contributed by atoms with E-state index in [0.717, 1.165) is 0 Å². The standard InChI is InChI=1S/C29H24ClFN4O4/c1-16-19-8-7-18(32)13-25(19)39-29(38)21(16)14-26(36)33-10-11-35-24-9-6-17(30)12-22(24)28(34-15-27(35)37)20-4-2-3-5-23(20)31/h2-9,12-13H,10-11,14-15,32H2,1H3,(H,33,36). The Morgan fingerprint density at radius 2 is 1.92 bits per heavy atom. The maximum absolute atomic E-state index is 14.6. The molecule has 0 saturated heterocycles. The number of hydrogen-bond acceptors (Lipinski definition) is 6. The summed E-state index contributed by atoms with van der Waals surface area (Å²) in [6, 6.07) is 16.2. The number of hydrogen-bond donors (Lipinski definition) is 2. The molecule has 8 nitrogen and oxygen atoms in total. The lowest BCUT2D eigenvalue weighted by atomic mass is 9.99. The predicted octanol–water partition coefficient (Wildman–Crippen LogP) is 4.02.